The first-order valence-corrected chi connectivity index (χ1v) is 16.1. The fourth-order valence-electron chi connectivity index (χ4n) is 6.12. The highest BCUT2D eigenvalue weighted by atomic mass is 16.5. The van der Waals surface area contributed by atoms with E-state index in [2.05, 4.69) is 94.6 Å². The molecule has 0 aliphatic carbocycles. The maximum Gasteiger partial charge on any atom is 0.220 e. The minimum Gasteiger partial charge on any atom is -0.505 e. The van der Waals surface area contributed by atoms with E-state index in [1.54, 1.807) is 0 Å². The molecule has 5 heteroatoms. The van der Waals surface area contributed by atoms with Crippen LogP contribution in [-0.4, -0.2) is 19.6 Å². The molecular formula is C42H39N3O2. The molecule has 0 unspecified atom stereocenters. The fourth-order valence-corrected chi connectivity index (χ4v) is 6.12. The summed E-state index contributed by atoms with van der Waals surface area (Å²) in [5.41, 5.74) is 7.55. The van der Waals surface area contributed by atoms with Crippen molar-refractivity contribution in [1.29, 1.82) is 0 Å². The highest BCUT2D eigenvalue weighted by Crippen LogP contribution is 2.43. The van der Waals surface area contributed by atoms with Gasteiger partial charge in [-0.25, -0.2) is 9.97 Å². The van der Waals surface area contributed by atoms with Crippen molar-refractivity contribution in [2.75, 3.05) is 0 Å². The van der Waals surface area contributed by atoms with Crippen LogP contribution >= 0.6 is 0 Å². The van der Waals surface area contributed by atoms with Gasteiger partial charge in [-0.05, 0) is 70.0 Å². The van der Waals surface area contributed by atoms with Crippen molar-refractivity contribution in [3.05, 3.63) is 132 Å². The Kier molecular flexibility index (Phi) is 7.35. The molecule has 0 spiro atoms. The lowest BCUT2D eigenvalue weighted by Gasteiger charge is -2.28. The number of ether oxygens (including phenoxy) is 1. The van der Waals surface area contributed by atoms with Crippen molar-refractivity contribution in [3.63, 3.8) is 0 Å². The molecule has 0 radical (unpaired) electrons. The van der Waals surface area contributed by atoms with E-state index in [9.17, 15) is 5.11 Å². The van der Waals surface area contributed by atoms with E-state index in [4.69, 9.17) is 14.7 Å². The van der Waals surface area contributed by atoms with E-state index < -0.39 is 0 Å². The number of pyridine rings is 2. The fraction of sp³-hybridized carbons (Fsp3) is 0.190. The van der Waals surface area contributed by atoms with Gasteiger partial charge in [-0.3, -0.25) is 4.57 Å². The van der Waals surface area contributed by atoms with Crippen LogP contribution in [-0.2, 0) is 10.8 Å². The van der Waals surface area contributed by atoms with Crippen LogP contribution in [0.2, 0.25) is 0 Å². The Morgan fingerprint density at radius 3 is 1.98 bits per heavy atom. The largest absolute Gasteiger partial charge is 0.505 e. The Morgan fingerprint density at radius 1 is 0.596 bits per heavy atom. The lowest BCUT2D eigenvalue weighted by Crippen LogP contribution is -2.18. The number of rotatable bonds is 5. The zero-order chi connectivity index (χ0) is 32.9. The van der Waals surface area contributed by atoms with E-state index in [0.717, 1.165) is 49.9 Å². The second kappa shape index (κ2) is 11.4. The summed E-state index contributed by atoms with van der Waals surface area (Å²) in [6, 6.07) is 40.6. The Labute approximate surface area is 276 Å². The first kappa shape index (κ1) is 30.2. The van der Waals surface area contributed by atoms with Crippen molar-refractivity contribution in [1.82, 2.24) is 14.5 Å². The molecule has 4 aromatic carbocycles. The zero-order valence-corrected chi connectivity index (χ0v) is 27.7. The SMILES string of the molecule is CC(C)(C)c1cc(-n2c3ccccc3c3ccc(-c4cc(-c5ccccc5)cc(Oc5ccccc5)n4)nc32)c(O)c(C(C)(C)C)c1. The number of aromatic nitrogens is 3. The molecule has 5 nitrogen and oxygen atoms in total. The van der Waals surface area contributed by atoms with Crippen LogP contribution in [0.3, 0.4) is 0 Å². The minimum absolute atomic E-state index is 0.128. The monoisotopic (exact) mass is 617 g/mol. The van der Waals surface area contributed by atoms with E-state index in [0.29, 0.717) is 23.0 Å². The molecule has 3 heterocycles. The van der Waals surface area contributed by atoms with Gasteiger partial charge < -0.3 is 9.84 Å². The number of nitrogens with zero attached hydrogens (tertiary/aromatic N) is 3. The van der Waals surface area contributed by atoms with Crippen LogP contribution in [0.4, 0.5) is 0 Å². The van der Waals surface area contributed by atoms with Crippen LogP contribution in [0.5, 0.6) is 17.4 Å². The molecule has 0 aliphatic rings. The molecule has 0 atom stereocenters. The molecule has 7 rings (SSSR count). The molecule has 0 amide bonds. The van der Waals surface area contributed by atoms with Gasteiger partial charge in [0.2, 0.25) is 5.88 Å². The summed E-state index contributed by atoms with van der Waals surface area (Å²) in [5, 5.41) is 14.0. The normalized spacial score (nSPS) is 12.1. The van der Waals surface area contributed by atoms with Crippen molar-refractivity contribution < 1.29 is 9.84 Å². The lowest BCUT2D eigenvalue weighted by molar-refractivity contribution is 0.442. The van der Waals surface area contributed by atoms with Gasteiger partial charge in [0.1, 0.15) is 17.1 Å². The summed E-state index contributed by atoms with van der Waals surface area (Å²) < 4.78 is 8.37. The quantitative estimate of drug-likeness (QED) is 0.209. The van der Waals surface area contributed by atoms with E-state index in [1.165, 1.54) is 0 Å². The van der Waals surface area contributed by atoms with Crippen LogP contribution in [0.15, 0.2) is 121 Å². The second-order valence-electron chi connectivity index (χ2n) is 14.2. The molecule has 1 N–H and O–H groups in total. The molecule has 0 bridgehead atoms. The summed E-state index contributed by atoms with van der Waals surface area (Å²) in [4.78, 5) is 10.3. The highest BCUT2D eigenvalue weighted by Gasteiger charge is 2.27. The molecule has 0 aliphatic heterocycles. The maximum atomic E-state index is 12.0. The Bertz CT molecular complexity index is 2240. The predicted molar refractivity (Wildman–Crippen MR) is 193 cm³/mol. The van der Waals surface area contributed by atoms with Crippen molar-refractivity contribution >= 4 is 21.9 Å². The summed E-state index contributed by atoms with van der Waals surface area (Å²) in [7, 11) is 0. The van der Waals surface area contributed by atoms with Crippen molar-refractivity contribution in [3.8, 4) is 45.6 Å². The summed E-state index contributed by atoms with van der Waals surface area (Å²) >= 11 is 0. The van der Waals surface area contributed by atoms with E-state index >= 15 is 0 Å². The van der Waals surface area contributed by atoms with Gasteiger partial charge in [-0.15, -0.1) is 0 Å². The van der Waals surface area contributed by atoms with Gasteiger partial charge in [0.05, 0.1) is 22.6 Å². The number of aromatic hydroxyl groups is 1. The number of phenolic OH excluding ortho intramolecular Hbond substituents is 1. The molecule has 7 aromatic rings. The maximum absolute atomic E-state index is 12.0. The number of hydrogen-bond donors (Lipinski definition) is 1. The van der Waals surface area contributed by atoms with Crippen LogP contribution < -0.4 is 4.74 Å². The Balaban J connectivity index is 1.49. The third kappa shape index (κ3) is 5.74. The van der Waals surface area contributed by atoms with E-state index in [1.807, 2.05) is 72.8 Å². The Morgan fingerprint density at radius 2 is 1.28 bits per heavy atom. The minimum atomic E-state index is -0.269. The van der Waals surface area contributed by atoms with Crippen molar-refractivity contribution in [2.24, 2.45) is 0 Å². The lowest BCUT2D eigenvalue weighted by atomic mass is 9.79. The molecule has 3 aromatic heterocycles. The second-order valence-corrected chi connectivity index (χ2v) is 14.2. The summed E-state index contributed by atoms with van der Waals surface area (Å²) in [6.45, 7) is 13.0. The smallest absolute Gasteiger partial charge is 0.220 e. The average molecular weight is 618 g/mol. The number of phenols is 1. The predicted octanol–water partition coefficient (Wildman–Crippen LogP) is 11.0. The van der Waals surface area contributed by atoms with Crippen molar-refractivity contribution in [2.45, 2.75) is 52.4 Å². The van der Waals surface area contributed by atoms with E-state index in [-0.39, 0.29) is 16.6 Å². The number of hydrogen-bond acceptors (Lipinski definition) is 4. The third-order valence-electron chi connectivity index (χ3n) is 8.66. The summed E-state index contributed by atoms with van der Waals surface area (Å²) in [5.74, 6) is 1.46. The highest BCUT2D eigenvalue weighted by molar-refractivity contribution is 6.08. The number of para-hydroxylation sites is 2. The third-order valence-corrected chi connectivity index (χ3v) is 8.66. The van der Waals surface area contributed by atoms with Crippen LogP contribution in [0, 0.1) is 0 Å². The topological polar surface area (TPSA) is 60.2 Å². The summed E-state index contributed by atoms with van der Waals surface area (Å²) in [6.07, 6.45) is 0. The average Bonchev–Trinajstić information content (AvgIpc) is 3.38. The van der Waals surface area contributed by atoms with Crippen LogP contribution in [0.1, 0.15) is 52.7 Å². The number of benzene rings is 4. The Hall–Kier alpha value is -5.42. The molecule has 0 saturated heterocycles. The van der Waals surface area contributed by atoms with Gasteiger partial charge in [0, 0.05) is 22.4 Å². The molecule has 47 heavy (non-hydrogen) atoms. The molecule has 0 fully saturated rings. The van der Waals surface area contributed by atoms with Gasteiger partial charge in [-0.2, -0.15) is 0 Å². The first-order chi connectivity index (χ1) is 22.5. The number of fused-ring (bicyclic) bond motifs is 3. The van der Waals surface area contributed by atoms with Gasteiger partial charge in [0.15, 0.2) is 0 Å². The molecule has 0 saturated carbocycles. The van der Waals surface area contributed by atoms with Gasteiger partial charge in [0.25, 0.3) is 0 Å². The molecule has 234 valence electrons. The standard InChI is InChI=1S/C42H39N3O2/c1-41(2,3)29-25-33(42(4,5)6)39(46)37(26-29)45-36-20-14-13-19-31(36)32-21-22-34(44-40(32)45)35-23-28(27-15-9-7-10-16-27)24-38(43-35)47-30-17-11-8-12-18-30/h7-26,46H,1-6H3. The van der Waals surface area contributed by atoms with Gasteiger partial charge in [-0.1, -0.05) is 114 Å². The zero-order valence-electron chi connectivity index (χ0n) is 27.7. The first-order valence-electron chi connectivity index (χ1n) is 16.1. The molecular weight excluding hydrogens is 578 g/mol. The van der Waals surface area contributed by atoms with Crippen LogP contribution in [0.25, 0.3) is 50.1 Å². The van der Waals surface area contributed by atoms with Gasteiger partial charge >= 0.3 is 0 Å².